The molecule has 0 bridgehead atoms. The number of carboxylic acid groups (broad SMARTS) is 1. The molecule has 0 aromatic carbocycles. The minimum Gasteiger partial charge on any atom is -0.481 e. The second-order valence-corrected chi connectivity index (χ2v) is 6.40. The van der Waals surface area contributed by atoms with E-state index in [4.69, 9.17) is 5.11 Å². The number of hydrogen-bond acceptors (Lipinski definition) is 2. The third kappa shape index (κ3) is 15.5. The van der Waals surface area contributed by atoms with E-state index in [2.05, 4.69) is 13.8 Å². The van der Waals surface area contributed by atoms with E-state index in [1.807, 2.05) is 0 Å². The van der Waals surface area contributed by atoms with Crippen molar-refractivity contribution in [2.24, 2.45) is 5.92 Å². The van der Waals surface area contributed by atoms with E-state index >= 15 is 0 Å². The van der Waals surface area contributed by atoms with Gasteiger partial charge in [-0.25, -0.2) is 0 Å². The van der Waals surface area contributed by atoms with Gasteiger partial charge in [0.1, 0.15) is 0 Å². The maximum Gasteiger partial charge on any atom is 0.305 e. The fourth-order valence-electron chi connectivity index (χ4n) is 2.47. The van der Waals surface area contributed by atoms with Gasteiger partial charge >= 0.3 is 5.97 Å². The first-order valence-electron chi connectivity index (χ1n) is 8.42. The highest BCUT2D eigenvalue weighted by molar-refractivity contribution is 5.67. The zero-order valence-electron chi connectivity index (χ0n) is 13.4. The van der Waals surface area contributed by atoms with Crippen LogP contribution in [0.15, 0.2) is 0 Å². The SMILES string of the molecule is CC(C)CCCCCCCCCCC[C@@H](O)CC(=O)O. The molecule has 0 rings (SSSR count). The minimum atomic E-state index is -0.907. The molecule has 0 aliphatic carbocycles. The Bertz CT molecular complexity index is 226. The zero-order valence-corrected chi connectivity index (χ0v) is 13.4. The molecule has 0 aromatic rings. The fourth-order valence-corrected chi connectivity index (χ4v) is 2.47. The largest absolute Gasteiger partial charge is 0.481 e. The number of rotatable bonds is 14. The van der Waals surface area contributed by atoms with Gasteiger partial charge in [-0.2, -0.15) is 0 Å². The molecular formula is C17H34O3. The zero-order chi connectivity index (χ0) is 15.2. The average Bonchev–Trinajstić information content (AvgIpc) is 2.34. The van der Waals surface area contributed by atoms with Crippen LogP contribution in [0.5, 0.6) is 0 Å². The molecular weight excluding hydrogens is 252 g/mol. The molecule has 120 valence electrons. The van der Waals surface area contributed by atoms with E-state index in [-0.39, 0.29) is 6.42 Å². The minimum absolute atomic E-state index is 0.115. The quantitative estimate of drug-likeness (QED) is 0.452. The average molecular weight is 286 g/mol. The first kappa shape index (κ1) is 19.4. The maximum absolute atomic E-state index is 10.4. The lowest BCUT2D eigenvalue weighted by molar-refractivity contribution is -0.139. The third-order valence-electron chi connectivity index (χ3n) is 3.73. The summed E-state index contributed by atoms with van der Waals surface area (Å²) < 4.78 is 0. The van der Waals surface area contributed by atoms with E-state index < -0.39 is 12.1 Å². The van der Waals surface area contributed by atoms with E-state index in [1.165, 1.54) is 51.4 Å². The predicted molar refractivity (Wildman–Crippen MR) is 83.9 cm³/mol. The Morgan fingerprint density at radius 2 is 1.20 bits per heavy atom. The van der Waals surface area contributed by atoms with Crippen LogP contribution in [-0.4, -0.2) is 22.3 Å². The molecule has 3 heteroatoms. The highest BCUT2D eigenvalue weighted by Crippen LogP contribution is 2.14. The Morgan fingerprint density at radius 3 is 1.60 bits per heavy atom. The Balaban J connectivity index is 3.11. The van der Waals surface area contributed by atoms with Crippen molar-refractivity contribution in [1.82, 2.24) is 0 Å². The van der Waals surface area contributed by atoms with Gasteiger partial charge in [0.15, 0.2) is 0 Å². The molecule has 3 nitrogen and oxygen atoms in total. The van der Waals surface area contributed by atoms with Gasteiger partial charge in [-0.15, -0.1) is 0 Å². The first-order valence-corrected chi connectivity index (χ1v) is 8.42. The Labute approximate surface area is 124 Å². The summed E-state index contributed by atoms with van der Waals surface area (Å²) in [6, 6.07) is 0. The van der Waals surface area contributed by atoms with Gasteiger partial charge < -0.3 is 10.2 Å². The monoisotopic (exact) mass is 286 g/mol. The lowest BCUT2D eigenvalue weighted by Crippen LogP contribution is -2.12. The van der Waals surface area contributed by atoms with Gasteiger partial charge in [0.2, 0.25) is 0 Å². The van der Waals surface area contributed by atoms with Crippen LogP contribution in [0.4, 0.5) is 0 Å². The molecule has 0 saturated heterocycles. The van der Waals surface area contributed by atoms with Gasteiger partial charge in [-0.1, -0.05) is 78.1 Å². The second-order valence-electron chi connectivity index (χ2n) is 6.40. The highest BCUT2D eigenvalue weighted by atomic mass is 16.4. The van der Waals surface area contributed by atoms with Crippen LogP contribution in [0.25, 0.3) is 0 Å². The lowest BCUT2D eigenvalue weighted by atomic mass is 10.0. The van der Waals surface area contributed by atoms with Crippen LogP contribution in [-0.2, 0) is 4.79 Å². The molecule has 0 unspecified atom stereocenters. The van der Waals surface area contributed by atoms with Gasteiger partial charge in [0.05, 0.1) is 12.5 Å². The molecule has 0 radical (unpaired) electrons. The molecule has 0 fully saturated rings. The fraction of sp³-hybridized carbons (Fsp3) is 0.941. The standard InChI is InChI=1S/C17H34O3/c1-15(2)12-10-8-6-4-3-5-7-9-11-13-16(18)14-17(19)20/h15-16,18H,3-14H2,1-2H3,(H,19,20)/t16-/m1/s1. The molecule has 0 heterocycles. The molecule has 0 aliphatic heterocycles. The summed E-state index contributed by atoms with van der Waals surface area (Å²) in [5, 5.41) is 17.9. The number of carbonyl (C=O) groups is 1. The molecule has 1 atom stereocenters. The van der Waals surface area contributed by atoms with E-state index in [0.29, 0.717) is 6.42 Å². The van der Waals surface area contributed by atoms with Crippen molar-refractivity contribution in [1.29, 1.82) is 0 Å². The number of unbranched alkanes of at least 4 members (excludes halogenated alkanes) is 8. The molecule has 0 aliphatic rings. The molecule has 0 aromatic heterocycles. The topological polar surface area (TPSA) is 57.5 Å². The number of carboxylic acids is 1. The lowest BCUT2D eigenvalue weighted by Gasteiger charge is -2.07. The van der Waals surface area contributed by atoms with Crippen molar-refractivity contribution in [3.63, 3.8) is 0 Å². The van der Waals surface area contributed by atoms with Crippen LogP contribution in [0.1, 0.15) is 90.9 Å². The molecule has 0 saturated carbocycles. The van der Waals surface area contributed by atoms with Crippen molar-refractivity contribution < 1.29 is 15.0 Å². The summed E-state index contributed by atoms with van der Waals surface area (Å²) in [6.45, 7) is 4.57. The van der Waals surface area contributed by atoms with E-state index in [9.17, 15) is 9.90 Å². The molecule has 0 amide bonds. The Kier molecular flexibility index (Phi) is 13.0. The summed E-state index contributed by atoms with van der Waals surface area (Å²) in [4.78, 5) is 10.4. The van der Waals surface area contributed by atoms with Crippen molar-refractivity contribution in [2.45, 2.75) is 97.0 Å². The Hall–Kier alpha value is -0.570. The summed E-state index contributed by atoms with van der Waals surface area (Å²) in [5.41, 5.74) is 0. The summed E-state index contributed by atoms with van der Waals surface area (Å²) in [5.74, 6) is -0.0681. The number of aliphatic hydroxyl groups excluding tert-OH is 1. The number of aliphatic hydroxyl groups is 1. The van der Waals surface area contributed by atoms with E-state index in [1.54, 1.807) is 0 Å². The third-order valence-corrected chi connectivity index (χ3v) is 3.73. The summed E-state index contributed by atoms with van der Waals surface area (Å²) in [7, 11) is 0. The first-order chi connectivity index (χ1) is 9.52. The van der Waals surface area contributed by atoms with Crippen molar-refractivity contribution in [3.8, 4) is 0 Å². The van der Waals surface area contributed by atoms with Crippen LogP contribution >= 0.6 is 0 Å². The number of aliphatic carboxylic acids is 1. The smallest absolute Gasteiger partial charge is 0.305 e. The van der Waals surface area contributed by atoms with Crippen LogP contribution in [0.3, 0.4) is 0 Å². The van der Waals surface area contributed by atoms with E-state index in [0.717, 1.165) is 18.8 Å². The van der Waals surface area contributed by atoms with Crippen LogP contribution in [0.2, 0.25) is 0 Å². The maximum atomic E-state index is 10.4. The normalized spacial score (nSPS) is 12.8. The van der Waals surface area contributed by atoms with Crippen LogP contribution < -0.4 is 0 Å². The molecule has 20 heavy (non-hydrogen) atoms. The van der Waals surface area contributed by atoms with Crippen molar-refractivity contribution in [2.75, 3.05) is 0 Å². The van der Waals surface area contributed by atoms with Gasteiger partial charge in [0.25, 0.3) is 0 Å². The predicted octanol–water partition coefficient (Wildman–Crippen LogP) is 4.77. The van der Waals surface area contributed by atoms with Crippen molar-refractivity contribution in [3.05, 3.63) is 0 Å². The highest BCUT2D eigenvalue weighted by Gasteiger charge is 2.08. The number of hydrogen-bond donors (Lipinski definition) is 2. The second kappa shape index (κ2) is 13.4. The Morgan fingerprint density at radius 1 is 0.800 bits per heavy atom. The van der Waals surface area contributed by atoms with Gasteiger partial charge in [-0.3, -0.25) is 4.79 Å². The molecule has 0 spiro atoms. The summed E-state index contributed by atoms with van der Waals surface area (Å²) >= 11 is 0. The van der Waals surface area contributed by atoms with Gasteiger partial charge in [0, 0.05) is 0 Å². The van der Waals surface area contributed by atoms with Crippen LogP contribution in [0, 0.1) is 5.92 Å². The van der Waals surface area contributed by atoms with Gasteiger partial charge in [-0.05, 0) is 12.3 Å². The van der Waals surface area contributed by atoms with Crippen molar-refractivity contribution >= 4 is 5.97 Å². The molecule has 2 N–H and O–H groups in total. The summed E-state index contributed by atoms with van der Waals surface area (Å²) in [6.07, 6.45) is 12.5.